The molecule has 0 aliphatic heterocycles. The van der Waals surface area contributed by atoms with Crippen molar-refractivity contribution in [2.75, 3.05) is 13.6 Å². The molecular formula is C15H24N2O2. The fraction of sp³-hybridized carbons (Fsp3) is 0.533. The van der Waals surface area contributed by atoms with Crippen LogP contribution in [0, 0.1) is 6.92 Å². The third-order valence-corrected chi connectivity index (χ3v) is 2.68. The average molecular weight is 264 g/mol. The van der Waals surface area contributed by atoms with Crippen molar-refractivity contribution in [3.05, 3.63) is 35.4 Å². The van der Waals surface area contributed by atoms with E-state index >= 15 is 0 Å². The van der Waals surface area contributed by atoms with Gasteiger partial charge in [0.2, 0.25) is 0 Å². The van der Waals surface area contributed by atoms with Crippen LogP contribution in [-0.4, -0.2) is 25.3 Å². The molecule has 1 atom stereocenters. The molecule has 0 spiro atoms. The number of ether oxygens (including phenoxy) is 1. The van der Waals surface area contributed by atoms with Crippen LogP contribution in [0.1, 0.15) is 37.9 Å². The maximum Gasteiger partial charge on any atom is 0.407 e. The number of benzene rings is 1. The zero-order chi connectivity index (χ0) is 14.5. The van der Waals surface area contributed by atoms with Gasteiger partial charge < -0.3 is 15.4 Å². The van der Waals surface area contributed by atoms with Crippen LogP contribution >= 0.6 is 0 Å². The lowest BCUT2D eigenvalue weighted by atomic mass is 10.1. The summed E-state index contributed by atoms with van der Waals surface area (Å²) in [5.41, 5.74) is 1.89. The van der Waals surface area contributed by atoms with Crippen molar-refractivity contribution in [2.24, 2.45) is 0 Å². The highest BCUT2D eigenvalue weighted by Crippen LogP contribution is 2.13. The number of rotatable bonds is 4. The number of aryl methyl sites for hydroxylation is 1. The molecule has 106 valence electrons. The van der Waals surface area contributed by atoms with Crippen LogP contribution in [0.3, 0.4) is 0 Å². The molecule has 1 aromatic carbocycles. The number of hydrogen-bond donors (Lipinski definition) is 2. The van der Waals surface area contributed by atoms with Crippen LogP contribution in [0.2, 0.25) is 0 Å². The van der Waals surface area contributed by atoms with Crippen LogP contribution < -0.4 is 10.6 Å². The summed E-state index contributed by atoms with van der Waals surface area (Å²) in [6.45, 7) is 8.10. The van der Waals surface area contributed by atoms with Gasteiger partial charge in [0.05, 0.1) is 0 Å². The van der Waals surface area contributed by atoms with Gasteiger partial charge in [-0.15, -0.1) is 0 Å². The maximum absolute atomic E-state index is 11.6. The Morgan fingerprint density at radius 2 is 1.84 bits per heavy atom. The van der Waals surface area contributed by atoms with Gasteiger partial charge in [-0.3, -0.25) is 0 Å². The second-order valence-corrected chi connectivity index (χ2v) is 5.63. The SMILES string of the molecule is CNC(CNC(=O)OC(C)(C)C)c1ccc(C)cc1. The Kier molecular flexibility index (Phi) is 5.36. The summed E-state index contributed by atoms with van der Waals surface area (Å²) in [6.07, 6.45) is -0.389. The molecule has 1 rings (SSSR count). The fourth-order valence-electron chi connectivity index (χ4n) is 1.68. The predicted octanol–water partition coefficient (Wildman–Crippen LogP) is 2.78. The van der Waals surface area contributed by atoms with E-state index in [0.29, 0.717) is 6.54 Å². The summed E-state index contributed by atoms with van der Waals surface area (Å²) in [4.78, 5) is 11.6. The monoisotopic (exact) mass is 264 g/mol. The van der Waals surface area contributed by atoms with Crippen molar-refractivity contribution in [3.8, 4) is 0 Å². The number of nitrogens with one attached hydrogen (secondary N) is 2. The molecule has 0 heterocycles. The first-order valence-electron chi connectivity index (χ1n) is 6.52. The van der Waals surface area contributed by atoms with E-state index in [1.54, 1.807) is 0 Å². The molecule has 4 heteroatoms. The molecule has 0 saturated heterocycles. The molecular weight excluding hydrogens is 240 g/mol. The van der Waals surface area contributed by atoms with Gasteiger partial charge in [0, 0.05) is 12.6 Å². The van der Waals surface area contributed by atoms with Gasteiger partial charge >= 0.3 is 6.09 Å². The van der Waals surface area contributed by atoms with E-state index in [1.165, 1.54) is 5.56 Å². The van der Waals surface area contributed by atoms with E-state index in [1.807, 2.05) is 27.8 Å². The van der Waals surface area contributed by atoms with Crippen molar-refractivity contribution in [3.63, 3.8) is 0 Å². The van der Waals surface area contributed by atoms with Crippen LogP contribution in [0.4, 0.5) is 4.79 Å². The van der Waals surface area contributed by atoms with Crippen LogP contribution in [-0.2, 0) is 4.74 Å². The highest BCUT2D eigenvalue weighted by Gasteiger charge is 2.17. The normalized spacial score (nSPS) is 12.9. The summed E-state index contributed by atoms with van der Waals surface area (Å²) in [6, 6.07) is 8.33. The van der Waals surface area contributed by atoms with E-state index in [2.05, 4.69) is 41.8 Å². The Balaban J connectivity index is 2.54. The van der Waals surface area contributed by atoms with Crippen molar-refractivity contribution >= 4 is 6.09 Å². The molecule has 1 amide bonds. The maximum atomic E-state index is 11.6. The minimum Gasteiger partial charge on any atom is -0.444 e. The molecule has 19 heavy (non-hydrogen) atoms. The molecule has 0 aliphatic rings. The summed E-state index contributed by atoms with van der Waals surface area (Å²) in [5.74, 6) is 0. The van der Waals surface area contributed by atoms with Crippen molar-refractivity contribution < 1.29 is 9.53 Å². The zero-order valence-electron chi connectivity index (χ0n) is 12.4. The zero-order valence-corrected chi connectivity index (χ0v) is 12.4. The van der Waals surface area contributed by atoms with Gasteiger partial charge in [-0.05, 0) is 40.3 Å². The molecule has 0 bridgehead atoms. The topological polar surface area (TPSA) is 50.4 Å². The molecule has 0 aliphatic carbocycles. The molecule has 0 fully saturated rings. The Labute approximate surface area is 115 Å². The standard InChI is InChI=1S/C15H24N2O2/c1-11-6-8-12(9-7-11)13(16-5)10-17-14(18)19-15(2,3)4/h6-9,13,16H,10H2,1-5H3,(H,17,18). The van der Waals surface area contributed by atoms with Crippen molar-refractivity contribution in [2.45, 2.75) is 39.3 Å². The second kappa shape index (κ2) is 6.57. The third kappa shape index (κ3) is 5.75. The molecule has 0 aromatic heterocycles. The number of likely N-dealkylation sites (N-methyl/N-ethyl adjacent to an activating group) is 1. The summed E-state index contributed by atoms with van der Waals surface area (Å²) >= 11 is 0. The third-order valence-electron chi connectivity index (χ3n) is 2.68. The van der Waals surface area contributed by atoms with E-state index in [4.69, 9.17) is 4.74 Å². The number of amides is 1. The second-order valence-electron chi connectivity index (χ2n) is 5.63. The predicted molar refractivity (Wildman–Crippen MR) is 77.2 cm³/mol. The Bertz CT molecular complexity index is 407. The van der Waals surface area contributed by atoms with Gasteiger partial charge in [-0.25, -0.2) is 4.79 Å². The van der Waals surface area contributed by atoms with Gasteiger partial charge in [-0.1, -0.05) is 29.8 Å². The van der Waals surface area contributed by atoms with Crippen LogP contribution in [0.5, 0.6) is 0 Å². The molecule has 0 saturated carbocycles. The highest BCUT2D eigenvalue weighted by molar-refractivity contribution is 5.67. The summed E-state index contributed by atoms with van der Waals surface area (Å²) in [5, 5.41) is 5.97. The summed E-state index contributed by atoms with van der Waals surface area (Å²) < 4.78 is 5.21. The number of carbonyl (C=O) groups is 1. The molecule has 4 nitrogen and oxygen atoms in total. The summed E-state index contributed by atoms with van der Waals surface area (Å²) in [7, 11) is 1.88. The lowest BCUT2D eigenvalue weighted by Crippen LogP contribution is -2.37. The van der Waals surface area contributed by atoms with Crippen molar-refractivity contribution in [1.82, 2.24) is 10.6 Å². The fourth-order valence-corrected chi connectivity index (χ4v) is 1.68. The van der Waals surface area contributed by atoms with Gasteiger partial charge in [0.15, 0.2) is 0 Å². The van der Waals surface area contributed by atoms with Crippen LogP contribution in [0.15, 0.2) is 24.3 Å². The van der Waals surface area contributed by atoms with E-state index in [9.17, 15) is 4.79 Å². The van der Waals surface area contributed by atoms with Gasteiger partial charge in [-0.2, -0.15) is 0 Å². The first kappa shape index (κ1) is 15.5. The molecule has 1 unspecified atom stereocenters. The van der Waals surface area contributed by atoms with E-state index in [0.717, 1.165) is 5.56 Å². The first-order valence-corrected chi connectivity index (χ1v) is 6.52. The van der Waals surface area contributed by atoms with Gasteiger partial charge in [0.1, 0.15) is 5.60 Å². The van der Waals surface area contributed by atoms with E-state index in [-0.39, 0.29) is 12.1 Å². The average Bonchev–Trinajstić information content (AvgIpc) is 2.29. The lowest BCUT2D eigenvalue weighted by molar-refractivity contribution is 0.0523. The number of carbonyl (C=O) groups excluding carboxylic acids is 1. The van der Waals surface area contributed by atoms with Crippen LogP contribution in [0.25, 0.3) is 0 Å². The van der Waals surface area contributed by atoms with Gasteiger partial charge in [0.25, 0.3) is 0 Å². The van der Waals surface area contributed by atoms with Crippen molar-refractivity contribution in [1.29, 1.82) is 0 Å². The largest absolute Gasteiger partial charge is 0.444 e. The number of alkyl carbamates (subject to hydrolysis) is 1. The first-order chi connectivity index (χ1) is 8.81. The minimum absolute atomic E-state index is 0.0770. The molecule has 1 aromatic rings. The molecule has 2 N–H and O–H groups in total. The lowest BCUT2D eigenvalue weighted by Gasteiger charge is -2.22. The number of hydrogen-bond acceptors (Lipinski definition) is 3. The quantitative estimate of drug-likeness (QED) is 0.879. The smallest absolute Gasteiger partial charge is 0.407 e. The minimum atomic E-state index is -0.469. The Morgan fingerprint density at radius 3 is 2.32 bits per heavy atom. The van der Waals surface area contributed by atoms with E-state index < -0.39 is 5.60 Å². The Hall–Kier alpha value is -1.55. The Morgan fingerprint density at radius 1 is 1.26 bits per heavy atom. The highest BCUT2D eigenvalue weighted by atomic mass is 16.6. The molecule has 0 radical (unpaired) electrons.